The monoisotopic (exact) mass is 205 g/mol. The molecule has 0 saturated carbocycles. The number of nitrogens with zero attached hydrogens (tertiary/aromatic N) is 2. The van der Waals surface area contributed by atoms with Gasteiger partial charge < -0.3 is 16.5 Å². The molecule has 2 aromatic heterocycles. The van der Waals surface area contributed by atoms with Gasteiger partial charge in [0.1, 0.15) is 11.6 Å². The summed E-state index contributed by atoms with van der Waals surface area (Å²) in [5, 5.41) is 0. The molecule has 5 nitrogen and oxygen atoms in total. The fraction of sp³-hybridized carbons (Fsp3) is 0.400. The normalized spacial score (nSPS) is 15.4. The van der Waals surface area contributed by atoms with Crippen LogP contribution in [0, 0.1) is 0 Å². The van der Waals surface area contributed by atoms with Crippen molar-refractivity contribution in [3.63, 3.8) is 0 Å². The van der Waals surface area contributed by atoms with Crippen LogP contribution in [0.5, 0.6) is 0 Å². The number of nitrogens with one attached hydrogen (secondary N) is 1. The standard InChI is InChI=1S/C10H15N5/c1-5(6(2)11)9-13-7-3-4-8(12)14-10(7)15-9/h3-6H,11H2,1-2H3,(H3,12,13,14,15). The van der Waals surface area contributed by atoms with Crippen LogP contribution in [0.25, 0.3) is 11.2 Å². The Labute approximate surface area is 87.9 Å². The van der Waals surface area contributed by atoms with Crippen molar-refractivity contribution in [2.24, 2.45) is 5.73 Å². The van der Waals surface area contributed by atoms with Gasteiger partial charge in [0, 0.05) is 12.0 Å². The van der Waals surface area contributed by atoms with Gasteiger partial charge in [-0.1, -0.05) is 6.92 Å². The molecule has 15 heavy (non-hydrogen) atoms. The summed E-state index contributed by atoms with van der Waals surface area (Å²) in [6.07, 6.45) is 0. The van der Waals surface area contributed by atoms with E-state index in [1.807, 2.05) is 19.9 Å². The van der Waals surface area contributed by atoms with Gasteiger partial charge in [-0.3, -0.25) is 0 Å². The highest BCUT2D eigenvalue weighted by molar-refractivity contribution is 5.72. The zero-order chi connectivity index (χ0) is 11.0. The molecular weight excluding hydrogens is 190 g/mol. The van der Waals surface area contributed by atoms with Crippen molar-refractivity contribution in [3.8, 4) is 0 Å². The van der Waals surface area contributed by atoms with Crippen molar-refractivity contribution < 1.29 is 0 Å². The van der Waals surface area contributed by atoms with E-state index in [4.69, 9.17) is 11.5 Å². The number of imidazole rings is 1. The van der Waals surface area contributed by atoms with Crippen molar-refractivity contribution in [1.82, 2.24) is 15.0 Å². The average molecular weight is 205 g/mol. The Kier molecular flexibility index (Phi) is 2.32. The lowest BCUT2D eigenvalue weighted by atomic mass is 10.0. The summed E-state index contributed by atoms with van der Waals surface area (Å²) < 4.78 is 0. The summed E-state index contributed by atoms with van der Waals surface area (Å²) in [4.78, 5) is 11.7. The number of fused-ring (bicyclic) bond motifs is 1. The number of H-pyrrole nitrogens is 1. The van der Waals surface area contributed by atoms with Crippen molar-refractivity contribution in [3.05, 3.63) is 18.0 Å². The van der Waals surface area contributed by atoms with Crippen molar-refractivity contribution in [2.45, 2.75) is 25.8 Å². The molecule has 2 unspecified atom stereocenters. The lowest BCUT2D eigenvalue weighted by Gasteiger charge is -2.11. The first-order chi connectivity index (χ1) is 7.08. The summed E-state index contributed by atoms with van der Waals surface area (Å²) in [7, 11) is 0. The van der Waals surface area contributed by atoms with Crippen LogP contribution in [-0.4, -0.2) is 21.0 Å². The fourth-order valence-corrected chi connectivity index (χ4v) is 1.39. The van der Waals surface area contributed by atoms with Gasteiger partial charge in [0.05, 0.1) is 5.52 Å². The van der Waals surface area contributed by atoms with Crippen molar-refractivity contribution >= 4 is 17.0 Å². The number of hydrogen-bond donors (Lipinski definition) is 3. The predicted octanol–water partition coefficient (Wildman–Crippen LogP) is 0.991. The Morgan fingerprint density at radius 1 is 1.27 bits per heavy atom. The number of nitrogens with two attached hydrogens (primary N) is 2. The highest BCUT2D eigenvalue weighted by Gasteiger charge is 2.14. The molecule has 2 aromatic rings. The summed E-state index contributed by atoms with van der Waals surface area (Å²) in [6, 6.07) is 3.69. The summed E-state index contributed by atoms with van der Waals surface area (Å²) in [5.41, 5.74) is 12.9. The SMILES string of the molecule is CC(N)C(C)c1nc2nc(N)ccc2[nH]1. The summed E-state index contributed by atoms with van der Waals surface area (Å²) in [5.74, 6) is 1.52. The van der Waals surface area contributed by atoms with E-state index in [1.165, 1.54) is 0 Å². The third-order valence-corrected chi connectivity index (χ3v) is 2.61. The number of nitrogen functional groups attached to an aromatic ring is 1. The smallest absolute Gasteiger partial charge is 0.179 e. The molecule has 0 aromatic carbocycles. The second kappa shape index (κ2) is 3.51. The zero-order valence-corrected chi connectivity index (χ0v) is 8.86. The lowest BCUT2D eigenvalue weighted by Crippen LogP contribution is -2.23. The van der Waals surface area contributed by atoms with Gasteiger partial charge >= 0.3 is 0 Å². The minimum absolute atomic E-state index is 0.0582. The number of aromatic amines is 1. The van der Waals surface area contributed by atoms with Crippen LogP contribution in [0.2, 0.25) is 0 Å². The molecule has 0 aliphatic carbocycles. The maximum absolute atomic E-state index is 5.81. The van der Waals surface area contributed by atoms with E-state index in [0.29, 0.717) is 11.5 Å². The topological polar surface area (TPSA) is 93.6 Å². The fourth-order valence-electron chi connectivity index (χ4n) is 1.39. The van der Waals surface area contributed by atoms with Crippen LogP contribution in [0.1, 0.15) is 25.6 Å². The molecule has 2 heterocycles. The quantitative estimate of drug-likeness (QED) is 0.681. The first-order valence-electron chi connectivity index (χ1n) is 4.95. The molecule has 5 N–H and O–H groups in total. The second-order valence-electron chi connectivity index (χ2n) is 3.88. The van der Waals surface area contributed by atoms with Crippen LogP contribution in [-0.2, 0) is 0 Å². The molecule has 0 saturated heterocycles. The Morgan fingerprint density at radius 3 is 2.67 bits per heavy atom. The third-order valence-electron chi connectivity index (χ3n) is 2.61. The van der Waals surface area contributed by atoms with Gasteiger partial charge in [-0.05, 0) is 19.1 Å². The zero-order valence-electron chi connectivity index (χ0n) is 8.86. The van der Waals surface area contributed by atoms with E-state index in [9.17, 15) is 0 Å². The Bertz CT molecular complexity index is 474. The highest BCUT2D eigenvalue weighted by Crippen LogP contribution is 2.18. The van der Waals surface area contributed by atoms with E-state index in [1.54, 1.807) is 6.07 Å². The third kappa shape index (κ3) is 1.78. The van der Waals surface area contributed by atoms with E-state index in [2.05, 4.69) is 15.0 Å². The molecule has 0 aliphatic heterocycles. The molecule has 0 fully saturated rings. The Hall–Kier alpha value is -1.62. The summed E-state index contributed by atoms with van der Waals surface area (Å²) in [6.45, 7) is 3.99. The molecule has 0 amide bonds. The van der Waals surface area contributed by atoms with Crippen LogP contribution in [0.15, 0.2) is 12.1 Å². The van der Waals surface area contributed by atoms with Gasteiger partial charge in [-0.15, -0.1) is 0 Å². The Balaban J connectivity index is 2.47. The van der Waals surface area contributed by atoms with E-state index >= 15 is 0 Å². The van der Waals surface area contributed by atoms with E-state index in [0.717, 1.165) is 11.3 Å². The molecule has 2 atom stereocenters. The number of anilines is 1. The molecule has 0 bridgehead atoms. The van der Waals surface area contributed by atoms with Crippen LogP contribution in [0.4, 0.5) is 5.82 Å². The minimum atomic E-state index is 0.0582. The van der Waals surface area contributed by atoms with Gasteiger partial charge in [0.25, 0.3) is 0 Å². The Morgan fingerprint density at radius 2 is 2.00 bits per heavy atom. The number of rotatable bonds is 2. The first-order valence-corrected chi connectivity index (χ1v) is 4.95. The molecular formula is C10H15N5. The van der Waals surface area contributed by atoms with Gasteiger partial charge in [-0.25, -0.2) is 9.97 Å². The van der Waals surface area contributed by atoms with E-state index in [-0.39, 0.29) is 12.0 Å². The molecule has 80 valence electrons. The van der Waals surface area contributed by atoms with E-state index < -0.39 is 0 Å². The van der Waals surface area contributed by atoms with Crippen molar-refractivity contribution in [1.29, 1.82) is 0 Å². The second-order valence-corrected chi connectivity index (χ2v) is 3.88. The molecule has 0 aliphatic rings. The van der Waals surface area contributed by atoms with Crippen LogP contribution < -0.4 is 11.5 Å². The van der Waals surface area contributed by atoms with Crippen molar-refractivity contribution in [2.75, 3.05) is 5.73 Å². The predicted molar refractivity (Wildman–Crippen MR) is 60.4 cm³/mol. The highest BCUT2D eigenvalue weighted by atomic mass is 15.0. The number of hydrogen-bond acceptors (Lipinski definition) is 4. The maximum atomic E-state index is 5.81. The van der Waals surface area contributed by atoms with Crippen LogP contribution in [0.3, 0.4) is 0 Å². The minimum Gasteiger partial charge on any atom is -0.384 e. The van der Waals surface area contributed by atoms with Gasteiger partial charge in [0.2, 0.25) is 0 Å². The van der Waals surface area contributed by atoms with Crippen LogP contribution >= 0.6 is 0 Å². The largest absolute Gasteiger partial charge is 0.384 e. The maximum Gasteiger partial charge on any atom is 0.179 e. The summed E-state index contributed by atoms with van der Waals surface area (Å²) >= 11 is 0. The lowest BCUT2D eigenvalue weighted by molar-refractivity contribution is 0.588. The van der Waals surface area contributed by atoms with Gasteiger partial charge in [-0.2, -0.15) is 0 Å². The molecule has 5 heteroatoms. The van der Waals surface area contributed by atoms with Gasteiger partial charge in [0.15, 0.2) is 5.65 Å². The number of pyridine rings is 1. The molecule has 0 spiro atoms. The molecule has 2 rings (SSSR count). The average Bonchev–Trinajstić information content (AvgIpc) is 2.58. The number of aromatic nitrogens is 3. The molecule has 0 radical (unpaired) electrons. The first kappa shape index (κ1) is 9.92.